The fourth-order valence-electron chi connectivity index (χ4n) is 5.18. The maximum atomic E-state index is 13.3. The first-order chi connectivity index (χ1) is 18.9. The van der Waals surface area contributed by atoms with Crippen molar-refractivity contribution in [3.63, 3.8) is 0 Å². The molecule has 1 aliphatic carbocycles. The molecule has 2 heterocycles. The van der Waals surface area contributed by atoms with Crippen LogP contribution in [0.5, 0.6) is 0 Å². The molecule has 1 aromatic heterocycles. The standard InChI is InChI=1S/C29H25Cl2FN4O2S/c1-2-39-21-7-8-24-18(13-21)9-12-36(24)16-25(37)33-20-14-22(30)26(23(31)15-20)29(10-11-29)28-34-27(38-35-28)17-3-5-19(32)6-4-17/h3-8,13-15H,2,9-12,16H2,1H3,(H,33,37). The lowest BCUT2D eigenvalue weighted by Crippen LogP contribution is -2.31. The first-order valence-corrected chi connectivity index (χ1v) is 14.5. The molecule has 0 unspecified atom stereocenters. The number of fused-ring (bicyclic) bond motifs is 1. The van der Waals surface area contributed by atoms with Crippen LogP contribution >= 0.6 is 35.0 Å². The van der Waals surface area contributed by atoms with Crippen molar-refractivity contribution in [2.75, 3.05) is 29.1 Å². The molecule has 3 aromatic carbocycles. The van der Waals surface area contributed by atoms with E-state index in [0.29, 0.717) is 38.6 Å². The third-order valence-corrected chi connectivity index (χ3v) is 8.66. The van der Waals surface area contributed by atoms with Crippen LogP contribution in [-0.4, -0.2) is 34.9 Å². The number of hydrogen-bond donors (Lipinski definition) is 1. The van der Waals surface area contributed by atoms with Gasteiger partial charge in [0, 0.05) is 44.0 Å². The van der Waals surface area contributed by atoms with Crippen molar-refractivity contribution in [1.29, 1.82) is 0 Å². The second-order valence-electron chi connectivity index (χ2n) is 9.77. The highest BCUT2D eigenvalue weighted by atomic mass is 35.5. The van der Waals surface area contributed by atoms with Crippen LogP contribution in [0.15, 0.2) is 64.0 Å². The lowest BCUT2D eigenvalue weighted by molar-refractivity contribution is -0.115. The number of hydrogen-bond acceptors (Lipinski definition) is 6. The van der Waals surface area contributed by atoms with Gasteiger partial charge in [-0.05, 0) is 85.2 Å². The smallest absolute Gasteiger partial charge is 0.257 e. The van der Waals surface area contributed by atoms with E-state index in [-0.39, 0.29) is 18.3 Å². The van der Waals surface area contributed by atoms with Crippen molar-refractivity contribution in [3.8, 4) is 11.5 Å². The summed E-state index contributed by atoms with van der Waals surface area (Å²) in [5, 5.41) is 8.00. The first-order valence-electron chi connectivity index (χ1n) is 12.8. The summed E-state index contributed by atoms with van der Waals surface area (Å²) in [4.78, 5) is 20.9. The van der Waals surface area contributed by atoms with Crippen LogP contribution in [-0.2, 0) is 16.6 Å². The van der Waals surface area contributed by atoms with Gasteiger partial charge in [-0.1, -0.05) is 35.3 Å². The molecule has 1 saturated carbocycles. The minimum Gasteiger partial charge on any atom is -0.362 e. The van der Waals surface area contributed by atoms with Crippen molar-refractivity contribution in [1.82, 2.24) is 10.1 Å². The summed E-state index contributed by atoms with van der Waals surface area (Å²) in [7, 11) is 0. The van der Waals surface area contributed by atoms with Gasteiger partial charge in [0.05, 0.1) is 12.0 Å². The maximum absolute atomic E-state index is 13.3. The van der Waals surface area contributed by atoms with E-state index in [4.69, 9.17) is 27.7 Å². The number of aromatic nitrogens is 2. The van der Waals surface area contributed by atoms with E-state index in [1.165, 1.54) is 22.6 Å². The predicted octanol–water partition coefficient (Wildman–Crippen LogP) is 7.38. The number of amides is 1. The van der Waals surface area contributed by atoms with Gasteiger partial charge in [0.15, 0.2) is 5.82 Å². The van der Waals surface area contributed by atoms with Gasteiger partial charge >= 0.3 is 0 Å². The highest BCUT2D eigenvalue weighted by Gasteiger charge is 2.52. The molecular weight excluding hydrogens is 558 g/mol. The summed E-state index contributed by atoms with van der Waals surface area (Å²) in [6.07, 6.45) is 2.44. The Labute approximate surface area is 239 Å². The van der Waals surface area contributed by atoms with Crippen molar-refractivity contribution < 1.29 is 13.7 Å². The highest BCUT2D eigenvalue weighted by Crippen LogP contribution is 2.57. The highest BCUT2D eigenvalue weighted by molar-refractivity contribution is 7.99. The van der Waals surface area contributed by atoms with Crippen molar-refractivity contribution >= 4 is 52.2 Å². The molecule has 1 amide bonds. The molecule has 39 heavy (non-hydrogen) atoms. The molecule has 1 aliphatic heterocycles. The molecule has 0 atom stereocenters. The fraction of sp³-hybridized carbons (Fsp3) is 0.276. The molecule has 4 aromatic rings. The van der Waals surface area contributed by atoms with E-state index in [9.17, 15) is 9.18 Å². The molecule has 0 bridgehead atoms. The Balaban J connectivity index is 1.17. The van der Waals surface area contributed by atoms with Gasteiger partial charge in [0.1, 0.15) is 5.82 Å². The topological polar surface area (TPSA) is 71.3 Å². The Morgan fingerprint density at radius 2 is 1.87 bits per heavy atom. The molecule has 0 saturated heterocycles. The lowest BCUT2D eigenvalue weighted by atomic mass is 9.94. The van der Waals surface area contributed by atoms with Crippen LogP contribution < -0.4 is 10.2 Å². The Bertz CT molecular complexity index is 1530. The molecule has 10 heteroatoms. The molecular formula is C29H25Cl2FN4O2S. The number of halogens is 3. The third kappa shape index (κ3) is 5.13. The summed E-state index contributed by atoms with van der Waals surface area (Å²) in [5.74, 6) is 1.33. The second-order valence-corrected chi connectivity index (χ2v) is 11.9. The number of thioether (sulfide) groups is 1. The summed E-state index contributed by atoms with van der Waals surface area (Å²) in [5.41, 5.74) is 3.69. The Morgan fingerprint density at radius 1 is 1.13 bits per heavy atom. The number of benzene rings is 3. The summed E-state index contributed by atoms with van der Waals surface area (Å²) in [6, 6.07) is 15.7. The molecule has 200 valence electrons. The molecule has 0 radical (unpaired) electrons. The number of nitrogens with zero attached hydrogens (tertiary/aromatic N) is 3. The van der Waals surface area contributed by atoms with Crippen LogP contribution in [0.2, 0.25) is 10.0 Å². The van der Waals surface area contributed by atoms with E-state index in [0.717, 1.165) is 37.2 Å². The lowest BCUT2D eigenvalue weighted by Gasteiger charge is -2.20. The second kappa shape index (κ2) is 10.5. The van der Waals surface area contributed by atoms with Crippen LogP contribution in [0.1, 0.15) is 36.7 Å². The number of rotatable bonds is 8. The Hall–Kier alpha value is -3.07. The van der Waals surface area contributed by atoms with Crippen molar-refractivity contribution in [2.24, 2.45) is 0 Å². The zero-order valence-electron chi connectivity index (χ0n) is 21.1. The van der Waals surface area contributed by atoms with Gasteiger partial charge in [0.25, 0.3) is 5.89 Å². The molecule has 0 spiro atoms. The molecule has 2 aliphatic rings. The summed E-state index contributed by atoms with van der Waals surface area (Å²) in [6.45, 7) is 3.18. The van der Waals surface area contributed by atoms with Crippen LogP contribution in [0.3, 0.4) is 0 Å². The Morgan fingerprint density at radius 3 is 2.56 bits per heavy atom. The number of anilines is 2. The monoisotopic (exact) mass is 582 g/mol. The number of carbonyl (C=O) groups is 1. The number of nitrogens with one attached hydrogen (secondary N) is 1. The molecule has 1 N–H and O–H groups in total. The molecule has 1 fully saturated rings. The summed E-state index contributed by atoms with van der Waals surface area (Å²) >= 11 is 15.3. The summed E-state index contributed by atoms with van der Waals surface area (Å²) < 4.78 is 18.8. The van der Waals surface area contributed by atoms with E-state index in [2.05, 4.69) is 45.5 Å². The molecule has 6 nitrogen and oxygen atoms in total. The quantitative estimate of drug-likeness (QED) is 0.218. The SMILES string of the molecule is CCSc1ccc2c(c1)CCN2CC(=O)Nc1cc(Cl)c(C2(c3noc(-c4ccc(F)cc4)n3)CC2)c(Cl)c1. The van der Waals surface area contributed by atoms with Crippen LogP contribution in [0.4, 0.5) is 15.8 Å². The zero-order valence-corrected chi connectivity index (χ0v) is 23.5. The van der Waals surface area contributed by atoms with E-state index >= 15 is 0 Å². The van der Waals surface area contributed by atoms with E-state index in [1.54, 1.807) is 24.3 Å². The van der Waals surface area contributed by atoms with Crippen LogP contribution in [0.25, 0.3) is 11.5 Å². The van der Waals surface area contributed by atoms with Gasteiger partial charge in [0.2, 0.25) is 5.91 Å². The zero-order chi connectivity index (χ0) is 27.1. The Kier molecular flexibility index (Phi) is 7.04. The van der Waals surface area contributed by atoms with Gasteiger partial charge in [-0.3, -0.25) is 4.79 Å². The predicted molar refractivity (Wildman–Crippen MR) is 154 cm³/mol. The maximum Gasteiger partial charge on any atom is 0.257 e. The van der Waals surface area contributed by atoms with Gasteiger partial charge in [-0.25, -0.2) is 4.39 Å². The van der Waals surface area contributed by atoms with Crippen molar-refractivity contribution in [3.05, 3.63) is 87.4 Å². The average Bonchev–Trinajstić information content (AvgIpc) is 3.35. The van der Waals surface area contributed by atoms with Gasteiger partial charge in [-0.2, -0.15) is 4.98 Å². The molecule has 6 rings (SSSR count). The average molecular weight is 584 g/mol. The van der Waals surface area contributed by atoms with Gasteiger partial charge < -0.3 is 14.7 Å². The van der Waals surface area contributed by atoms with Crippen molar-refractivity contribution in [2.45, 2.75) is 36.5 Å². The minimum absolute atomic E-state index is 0.141. The van der Waals surface area contributed by atoms with Gasteiger partial charge in [-0.15, -0.1) is 11.8 Å². The normalized spacial score (nSPS) is 15.3. The van der Waals surface area contributed by atoms with Crippen LogP contribution in [0, 0.1) is 5.82 Å². The minimum atomic E-state index is -0.563. The largest absolute Gasteiger partial charge is 0.362 e. The fourth-order valence-corrected chi connectivity index (χ4v) is 6.75. The van der Waals surface area contributed by atoms with E-state index < -0.39 is 5.41 Å². The van der Waals surface area contributed by atoms with E-state index in [1.807, 2.05) is 11.8 Å². The number of carbonyl (C=O) groups excluding carboxylic acids is 1. The third-order valence-electron chi connectivity index (χ3n) is 7.19. The first kappa shape index (κ1) is 26.2.